The van der Waals surface area contributed by atoms with Crippen LogP contribution in [0.25, 0.3) is 0 Å². The first kappa shape index (κ1) is 21.3. The lowest BCUT2D eigenvalue weighted by atomic mass is 10.1. The predicted molar refractivity (Wildman–Crippen MR) is 117 cm³/mol. The summed E-state index contributed by atoms with van der Waals surface area (Å²) in [6.07, 6.45) is 7.97. The molecular weight excluding hydrogens is 393 g/mol. The van der Waals surface area contributed by atoms with Gasteiger partial charge >= 0.3 is 0 Å². The number of rotatable bonds is 8. The summed E-state index contributed by atoms with van der Waals surface area (Å²) in [6.45, 7) is 3.80. The zero-order valence-electron chi connectivity index (χ0n) is 16.5. The van der Waals surface area contributed by atoms with Gasteiger partial charge in [-0.05, 0) is 49.6 Å². The van der Waals surface area contributed by atoms with E-state index < -0.39 is 0 Å². The molecule has 0 heterocycles. The number of hydrogen-bond acceptors (Lipinski definition) is 3. The highest BCUT2D eigenvalue weighted by molar-refractivity contribution is 6.35. The normalized spacial score (nSPS) is 15.2. The van der Waals surface area contributed by atoms with Crippen molar-refractivity contribution in [2.75, 3.05) is 6.61 Å². The van der Waals surface area contributed by atoms with Gasteiger partial charge in [0.2, 0.25) is 0 Å². The molecule has 28 heavy (non-hydrogen) atoms. The van der Waals surface area contributed by atoms with Crippen LogP contribution in [-0.2, 0) is 13.2 Å². The average Bonchev–Trinajstić information content (AvgIpc) is 2.96. The Labute approximate surface area is 178 Å². The van der Waals surface area contributed by atoms with Gasteiger partial charge in [-0.15, -0.1) is 0 Å². The van der Waals surface area contributed by atoms with Gasteiger partial charge in [-0.3, -0.25) is 0 Å². The fourth-order valence-electron chi connectivity index (χ4n) is 3.59. The van der Waals surface area contributed by atoms with E-state index in [1.807, 2.05) is 25.1 Å². The van der Waals surface area contributed by atoms with Crippen molar-refractivity contribution in [1.82, 2.24) is 5.32 Å². The Balaban J connectivity index is 1.62. The molecule has 3 rings (SSSR count). The van der Waals surface area contributed by atoms with Gasteiger partial charge < -0.3 is 14.8 Å². The van der Waals surface area contributed by atoms with E-state index >= 15 is 0 Å². The molecule has 2 aromatic rings. The number of hydrogen-bond donors (Lipinski definition) is 1. The topological polar surface area (TPSA) is 30.5 Å². The molecular formula is C23H29Cl2NO2. The van der Waals surface area contributed by atoms with Crippen LogP contribution in [0, 0.1) is 0 Å². The van der Waals surface area contributed by atoms with E-state index in [4.69, 9.17) is 32.7 Å². The Kier molecular flexibility index (Phi) is 8.32. The van der Waals surface area contributed by atoms with Crippen LogP contribution in [0.1, 0.15) is 56.6 Å². The molecule has 0 bridgehead atoms. The van der Waals surface area contributed by atoms with Crippen molar-refractivity contribution in [3.63, 3.8) is 0 Å². The van der Waals surface area contributed by atoms with E-state index in [1.54, 1.807) is 6.07 Å². The fourth-order valence-corrected chi connectivity index (χ4v) is 4.05. The Bertz CT molecular complexity index is 758. The van der Waals surface area contributed by atoms with E-state index in [9.17, 15) is 0 Å². The first-order valence-corrected chi connectivity index (χ1v) is 11.0. The minimum atomic E-state index is 0.371. The van der Waals surface area contributed by atoms with E-state index in [0.29, 0.717) is 29.3 Å². The molecule has 1 saturated carbocycles. The molecule has 0 unspecified atom stereocenters. The maximum absolute atomic E-state index is 6.24. The van der Waals surface area contributed by atoms with Gasteiger partial charge in [0.15, 0.2) is 11.5 Å². The van der Waals surface area contributed by atoms with Crippen LogP contribution >= 0.6 is 23.2 Å². The largest absolute Gasteiger partial charge is 0.490 e. The van der Waals surface area contributed by atoms with Gasteiger partial charge in [-0.2, -0.15) is 0 Å². The molecule has 0 saturated heterocycles. The quantitative estimate of drug-likeness (QED) is 0.476. The van der Waals surface area contributed by atoms with Crippen molar-refractivity contribution in [1.29, 1.82) is 0 Å². The maximum atomic E-state index is 6.24. The van der Waals surface area contributed by atoms with Crippen molar-refractivity contribution < 1.29 is 9.47 Å². The summed E-state index contributed by atoms with van der Waals surface area (Å²) < 4.78 is 11.8. The van der Waals surface area contributed by atoms with Gasteiger partial charge in [-0.1, -0.05) is 61.0 Å². The SMILES string of the molecule is CCOc1cc(CNC2CCCCCC2)ccc1OCc1ccc(Cl)cc1Cl. The molecule has 0 atom stereocenters. The molecule has 1 aliphatic carbocycles. The number of benzene rings is 2. The van der Waals surface area contributed by atoms with Crippen LogP contribution in [0.5, 0.6) is 11.5 Å². The Morgan fingerprint density at radius 2 is 1.71 bits per heavy atom. The lowest BCUT2D eigenvalue weighted by Gasteiger charge is -2.18. The number of halogens is 2. The number of ether oxygens (including phenoxy) is 2. The van der Waals surface area contributed by atoms with Crippen LogP contribution < -0.4 is 14.8 Å². The van der Waals surface area contributed by atoms with Crippen molar-refractivity contribution in [3.05, 3.63) is 57.6 Å². The maximum Gasteiger partial charge on any atom is 0.161 e. The third-order valence-electron chi connectivity index (χ3n) is 5.16. The molecule has 2 aromatic carbocycles. The van der Waals surface area contributed by atoms with Gasteiger partial charge in [0.05, 0.1) is 6.61 Å². The summed E-state index contributed by atoms with van der Waals surface area (Å²) in [4.78, 5) is 0. The van der Waals surface area contributed by atoms with Crippen LogP contribution in [0.3, 0.4) is 0 Å². The molecule has 1 fully saturated rings. The van der Waals surface area contributed by atoms with E-state index in [1.165, 1.54) is 44.1 Å². The Hall–Kier alpha value is -1.42. The van der Waals surface area contributed by atoms with E-state index in [-0.39, 0.29) is 0 Å². The summed E-state index contributed by atoms with van der Waals surface area (Å²) in [5.74, 6) is 1.50. The minimum Gasteiger partial charge on any atom is -0.490 e. The summed E-state index contributed by atoms with van der Waals surface area (Å²) in [5, 5.41) is 4.94. The molecule has 5 heteroatoms. The summed E-state index contributed by atoms with van der Waals surface area (Å²) in [6, 6.07) is 12.2. The second kappa shape index (κ2) is 10.9. The molecule has 0 amide bonds. The Morgan fingerprint density at radius 3 is 2.43 bits per heavy atom. The van der Waals surface area contributed by atoms with Gasteiger partial charge in [0.1, 0.15) is 6.61 Å². The monoisotopic (exact) mass is 421 g/mol. The first-order chi connectivity index (χ1) is 13.7. The molecule has 0 radical (unpaired) electrons. The van der Waals surface area contributed by atoms with Crippen molar-refractivity contribution in [2.24, 2.45) is 0 Å². The third kappa shape index (κ3) is 6.30. The highest BCUT2D eigenvalue weighted by Crippen LogP contribution is 2.31. The zero-order valence-corrected chi connectivity index (χ0v) is 18.0. The highest BCUT2D eigenvalue weighted by Gasteiger charge is 2.13. The molecule has 1 aliphatic rings. The minimum absolute atomic E-state index is 0.371. The molecule has 0 spiro atoms. The summed E-state index contributed by atoms with van der Waals surface area (Å²) >= 11 is 12.2. The summed E-state index contributed by atoms with van der Waals surface area (Å²) in [7, 11) is 0. The van der Waals surface area contributed by atoms with Gasteiger partial charge in [0, 0.05) is 28.2 Å². The van der Waals surface area contributed by atoms with Crippen molar-refractivity contribution in [2.45, 2.75) is 64.6 Å². The first-order valence-electron chi connectivity index (χ1n) is 10.2. The molecule has 1 N–H and O–H groups in total. The molecule has 152 valence electrons. The van der Waals surface area contributed by atoms with Gasteiger partial charge in [0.25, 0.3) is 0 Å². The van der Waals surface area contributed by atoms with Crippen LogP contribution in [0.2, 0.25) is 10.0 Å². The second-order valence-electron chi connectivity index (χ2n) is 7.31. The van der Waals surface area contributed by atoms with Crippen molar-refractivity contribution in [3.8, 4) is 11.5 Å². The van der Waals surface area contributed by atoms with E-state index in [2.05, 4.69) is 17.4 Å². The van der Waals surface area contributed by atoms with Crippen molar-refractivity contribution >= 4 is 23.2 Å². The predicted octanol–water partition coefficient (Wildman–Crippen LogP) is 6.78. The van der Waals surface area contributed by atoms with Crippen LogP contribution in [0.15, 0.2) is 36.4 Å². The molecule has 0 aliphatic heterocycles. The second-order valence-corrected chi connectivity index (χ2v) is 8.15. The lowest BCUT2D eigenvalue weighted by molar-refractivity contribution is 0.269. The average molecular weight is 422 g/mol. The van der Waals surface area contributed by atoms with Crippen LogP contribution in [0.4, 0.5) is 0 Å². The number of nitrogens with one attached hydrogen (secondary N) is 1. The van der Waals surface area contributed by atoms with E-state index in [0.717, 1.165) is 23.6 Å². The van der Waals surface area contributed by atoms with Gasteiger partial charge in [-0.25, -0.2) is 0 Å². The summed E-state index contributed by atoms with van der Waals surface area (Å²) in [5.41, 5.74) is 2.11. The van der Waals surface area contributed by atoms with Crippen LogP contribution in [-0.4, -0.2) is 12.6 Å². The molecule has 3 nitrogen and oxygen atoms in total. The Morgan fingerprint density at radius 1 is 0.929 bits per heavy atom. The smallest absolute Gasteiger partial charge is 0.161 e. The highest BCUT2D eigenvalue weighted by atomic mass is 35.5. The molecule has 0 aromatic heterocycles. The fraction of sp³-hybridized carbons (Fsp3) is 0.478. The lowest BCUT2D eigenvalue weighted by Crippen LogP contribution is -2.27. The zero-order chi connectivity index (χ0) is 19.8. The third-order valence-corrected chi connectivity index (χ3v) is 5.74. The standard InChI is InChI=1S/C23H29Cl2NO2/c1-2-27-23-13-17(15-26-20-7-5-3-4-6-8-20)9-12-22(23)28-16-18-10-11-19(24)14-21(18)25/h9-14,20,26H,2-8,15-16H2,1H3.